The quantitative estimate of drug-likeness (QED) is 0.683. The molecule has 2 fully saturated rings. The summed E-state index contributed by atoms with van der Waals surface area (Å²) >= 11 is 0. The van der Waals surface area contributed by atoms with Gasteiger partial charge in [0, 0.05) is 26.0 Å². The number of imide groups is 1. The van der Waals surface area contributed by atoms with Crippen LogP contribution in [0, 0.1) is 0 Å². The lowest BCUT2D eigenvalue weighted by molar-refractivity contribution is -0.133. The number of carboxylic acid groups (broad SMARTS) is 1. The van der Waals surface area contributed by atoms with E-state index in [1.165, 1.54) is 23.5 Å². The average Bonchev–Trinajstić information content (AvgIpc) is 3.50. The molecule has 0 bridgehead atoms. The fraction of sp³-hybridized carbons (Fsp3) is 0.500. The summed E-state index contributed by atoms with van der Waals surface area (Å²) in [6, 6.07) is 9.31. The van der Waals surface area contributed by atoms with Crippen LogP contribution in [0.3, 0.4) is 0 Å². The number of carbonyl (C=O) groups is 2. The average molecular weight is 459 g/mol. The zero-order valence-corrected chi connectivity index (χ0v) is 19.6. The number of carbonyl (C=O) groups excluding carboxylic acids is 1. The first kappa shape index (κ1) is 24.6. The zero-order chi connectivity index (χ0) is 24.0. The molecule has 2 amide bonds. The highest BCUT2D eigenvalue weighted by molar-refractivity contribution is 5.92. The SMILES string of the molecule is COc1ccc(C2CC(=O)N(C(=O)O)N2C)cc1OC1CCCC1.Cn1cccc1CCN. The van der Waals surface area contributed by atoms with E-state index >= 15 is 0 Å². The molecule has 2 aromatic rings. The van der Waals surface area contributed by atoms with Crippen molar-refractivity contribution in [1.82, 2.24) is 14.6 Å². The molecule has 33 heavy (non-hydrogen) atoms. The fourth-order valence-electron chi connectivity index (χ4n) is 4.36. The van der Waals surface area contributed by atoms with Crippen molar-refractivity contribution in [2.75, 3.05) is 20.7 Å². The van der Waals surface area contributed by atoms with Crippen LogP contribution in [0.25, 0.3) is 0 Å². The summed E-state index contributed by atoms with van der Waals surface area (Å²) in [7, 11) is 5.23. The van der Waals surface area contributed by atoms with Crippen molar-refractivity contribution >= 4 is 12.0 Å². The smallest absolute Gasteiger partial charge is 0.429 e. The summed E-state index contributed by atoms with van der Waals surface area (Å²) in [5.74, 6) is 0.869. The summed E-state index contributed by atoms with van der Waals surface area (Å²) in [5, 5.41) is 11.4. The molecule has 1 unspecified atom stereocenters. The predicted molar refractivity (Wildman–Crippen MR) is 124 cm³/mol. The molecular formula is C24H34N4O5. The Morgan fingerprint density at radius 2 is 1.91 bits per heavy atom. The van der Waals surface area contributed by atoms with E-state index in [4.69, 9.17) is 20.3 Å². The number of nitrogens with zero attached hydrogens (tertiary/aromatic N) is 3. The van der Waals surface area contributed by atoms with Gasteiger partial charge in [0.2, 0.25) is 5.91 Å². The van der Waals surface area contributed by atoms with E-state index in [9.17, 15) is 9.59 Å². The number of rotatable bonds is 6. The van der Waals surface area contributed by atoms with Gasteiger partial charge in [-0.15, -0.1) is 0 Å². The van der Waals surface area contributed by atoms with Gasteiger partial charge in [-0.2, -0.15) is 5.01 Å². The maximum atomic E-state index is 11.9. The highest BCUT2D eigenvalue weighted by atomic mass is 16.5. The standard InChI is InChI=1S/C17H22N2O5.C7H12N2/c1-18-13(10-16(20)19(18)17(21)22)11-7-8-14(23-2)15(9-11)24-12-5-3-4-6-12;1-9-6-2-3-7(9)4-5-8/h7-9,12-13H,3-6,10H2,1-2H3,(H,21,22);2-3,6H,4-5,8H2,1H3. The van der Waals surface area contributed by atoms with Gasteiger partial charge in [-0.25, -0.2) is 9.80 Å². The Bertz CT molecular complexity index is 954. The number of hydrogen-bond donors (Lipinski definition) is 2. The molecule has 1 saturated heterocycles. The maximum Gasteiger partial charge on any atom is 0.429 e. The van der Waals surface area contributed by atoms with E-state index in [2.05, 4.69) is 10.6 Å². The Balaban J connectivity index is 0.000000286. The minimum Gasteiger partial charge on any atom is -0.493 e. The van der Waals surface area contributed by atoms with Crippen LogP contribution < -0.4 is 15.2 Å². The molecule has 1 saturated carbocycles. The van der Waals surface area contributed by atoms with E-state index in [1.54, 1.807) is 20.2 Å². The molecule has 0 radical (unpaired) electrons. The zero-order valence-electron chi connectivity index (χ0n) is 19.6. The molecule has 180 valence electrons. The van der Waals surface area contributed by atoms with Crippen molar-refractivity contribution in [3.05, 3.63) is 47.8 Å². The number of amides is 2. The van der Waals surface area contributed by atoms with Crippen LogP contribution >= 0.6 is 0 Å². The number of nitrogens with two attached hydrogens (primary N) is 1. The second-order valence-electron chi connectivity index (χ2n) is 8.37. The Kier molecular flexibility index (Phi) is 8.35. The van der Waals surface area contributed by atoms with Crippen LogP contribution in [-0.2, 0) is 18.3 Å². The third-order valence-corrected chi connectivity index (χ3v) is 6.17. The molecule has 1 aliphatic heterocycles. The van der Waals surface area contributed by atoms with Crippen molar-refractivity contribution in [3.8, 4) is 11.5 Å². The van der Waals surface area contributed by atoms with Crippen LogP contribution in [-0.4, -0.2) is 58.5 Å². The molecule has 0 spiro atoms. The number of hydrogen-bond acceptors (Lipinski definition) is 6. The molecule has 1 aromatic heterocycles. The van der Waals surface area contributed by atoms with Gasteiger partial charge >= 0.3 is 6.09 Å². The molecule has 9 heteroatoms. The van der Waals surface area contributed by atoms with Gasteiger partial charge in [0.1, 0.15) is 0 Å². The second-order valence-corrected chi connectivity index (χ2v) is 8.37. The first-order valence-electron chi connectivity index (χ1n) is 11.3. The number of aromatic nitrogens is 1. The van der Waals surface area contributed by atoms with E-state index in [0.29, 0.717) is 11.5 Å². The Morgan fingerprint density at radius 1 is 1.18 bits per heavy atom. The molecule has 4 rings (SSSR count). The number of hydrazine groups is 1. The molecule has 2 aliphatic rings. The van der Waals surface area contributed by atoms with Crippen molar-refractivity contribution in [2.45, 2.75) is 50.7 Å². The number of ether oxygens (including phenoxy) is 2. The minimum atomic E-state index is -1.26. The van der Waals surface area contributed by atoms with Gasteiger partial charge in [-0.1, -0.05) is 6.07 Å². The molecule has 9 nitrogen and oxygen atoms in total. The Labute approximate surface area is 194 Å². The maximum absolute atomic E-state index is 11.9. The van der Waals surface area contributed by atoms with E-state index in [1.807, 2.05) is 31.4 Å². The second kappa shape index (κ2) is 11.2. The molecule has 1 atom stereocenters. The van der Waals surface area contributed by atoms with Crippen LogP contribution in [0.1, 0.15) is 49.4 Å². The predicted octanol–water partition coefficient (Wildman–Crippen LogP) is 3.34. The lowest BCUT2D eigenvalue weighted by atomic mass is 10.0. The first-order chi connectivity index (χ1) is 15.8. The van der Waals surface area contributed by atoms with Crippen LogP contribution in [0.4, 0.5) is 4.79 Å². The van der Waals surface area contributed by atoms with Crippen molar-refractivity contribution in [2.24, 2.45) is 12.8 Å². The Morgan fingerprint density at radius 3 is 2.45 bits per heavy atom. The summed E-state index contributed by atoms with van der Waals surface area (Å²) in [4.78, 5) is 23.2. The molecule has 3 N–H and O–H groups in total. The number of aryl methyl sites for hydroxylation is 1. The van der Waals surface area contributed by atoms with E-state index < -0.39 is 12.0 Å². The third-order valence-electron chi connectivity index (χ3n) is 6.17. The number of methoxy groups -OCH3 is 1. The van der Waals surface area contributed by atoms with Gasteiger partial charge in [0.25, 0.3) is 0 Å². The van der Waals surface area contributed by atoms with Gasteiger partial charge in [-0.3, -0.25) is 4.79 Å². The highest BCUT2D eigenvalue weighted by Gasteiger charge is 2.40. The van der Waals surface area contributed by atoms with Gasteiger partial charge in [0.05, 0.1) is 25.7 Å². The lowest BCUT2D eigenvalue weighted by Crippen LogP contribution is -2.40. The van der Waals surface area contributed by atoms with Crippen LogP contribution in [0.2, 0.25) is 0 Å². The molecule has 1 aliphatic carbocycles. The first-order valence-corrected chi connectivity index (χ1v) is 11.3. The fourth-order valence-corrected chi connectivity index (χ4v) is 4.36. The van der Waals surface area contributed by atoms with Gasteiger partial charge < -0.3 is 24.9 Å². The summed E-state index contributed by atoms with van der Waals surface area (Å²) in [6.45, 7) is 0.734. The third kappa shape index (κ3) is 5.85. The van der Waals surface area contributed by atoms with Gasteiger partial charge in [-0.05, 0) is 68.5 Å². The lowest BCUT2D eigenvalue weighted by Gasteiger charge is -2.25. The van der Waals surface area contributed by atoms with Crippen molar-refractivity contribution < 1.29 is 24.2 Å². The van der Waals surface area contributed by atoms with Gasteiger partial charge in [0.15, 0.2) is 11.5 Å². The Hall–Kier alpha value is -3.04. The molecule has 1 aromatic carbocycles. The minimum absolute atomic E-state index is 0.123. The molecular weight excluding hydrogens is 424 g/mol. The molecule has 2 heterocycles. The van der Waals surface area contributed by atoms with E-state index in [-0.39, 0.29) is 18.6 Å². The summed E-state index contributed by atoms with van der Waals surface area (Å²) < 4.78 is 13.5. The van der Waals surface area contributed by atoms with Crippen LogP contribution in [0.5, 0.6) is 11.5 Å². The summed E-state index contributed by atoms with van der Waals surface area (Å²) in [6.07, 6.45) is 6.45. The van der Waals surface area contributed by atoms with Crippen LogP contribution in [0.15, 0.2) is 36.5 Å². The number of benzene rings is 1. The highest BCUT2D eigenvalue weighted by Crippen LogP contribution is 2.38. The largest absolute Gasteiger partial charge is 0.493 e. The summed E-state index contributed by atoms with van der Waals surface area (Å²) in [5.41, 5.74) is 7.51. The van der Waals surface area contributed by atoms with Crippen molar-refractivity contribution in [3.63, 3.8) is 0 Å². The van der Waals surface area contributed by atoms with Crippen molar-refractivity contribution in [1.29, 1.82) is 0 Å². The topological polar surface area (TPSA) is 110 Å². The normalized spacial score (nSPS) is 18.8. The van der Waals surface area contributed by atoms with E-state index in [0.717, 1.165) is 36.4 Å². The monoisotopic (exact) mass is 458 g/mol.